The summed E-state index contributed by atoms with van der Waals surface area (Å²) in [5.41, 5.74) is 2.16. The number of fused-ring (bicyclic) bond motifs is 1. The van der Waals surface area contributed by atoms with Gasteiger partial charge in [-0.1, -0.05) is 24.3 Å². The zero-order valence-corrected chi connectivity index (χ0v) is 13.6. The molecule has 2 aliphatic rings. The van der Waals surface area contributed by atoms with E-state index in [-0.39, 0.29) is 18.6 Å². The van der Waals surface area contributed by atoms with Crippen molar-refractivity contribution in [2.24, 2.45) is 0 Å². The van der Waals surface area contributed by atoms with E-state index in [0.29, 0.717) is 13.0 Å². The van der Waals surface area contributed by atoms with Gasteiger partial charge in [-0.2, -0.15) is 0 Å². The SMILES string of the molecule is COC(=O)[C@H]1Cc2ccccc2CN1CC(=O)NC(=O)NC1CC1. The van der Waals surface area contributed by atoms with E-state index >= 15 is 0 Å². The third kappa shape index (κ3) is 3.91. The number of carbonyl (C=O) groups excluding carboxylic acids is 3. The summed E-state index contributed by atoms with van der Waals surface area (Å²) in [5.74, 6) is -0.804. The maximum absolute atomic E-state index is 12.1. The first-order valence-electron chi connectivity index (χ1n) is 8.06. The smallest absolute Gasteiger partial charge is 0.323 e. The monoisotopic (exact) mass is 331 g/mol. The Balaban J connectivity index is 1.65. The van der Waals surface area contributed by atoms with Crippen LogP contribution < -0.4 is 10.6 Å². The van der Waals surface area contributed by atoms with Crippen molar-refractivity contribution in [3.8, 4) is 0 Å². The van der Waals surface area contributed by atoms with E-state index in [1.807, 2.05) is 24.3 Å². The van der Waals surface area contributed by atoms with Crippen LogP contribution >= 0.6 is 0 Å². The summed E-state index contributed by atoms with van der Waals surface area (Å²) in [6.45, 7) is 0.430. The van der Waals surface area contributed by atoms with Crippen molar-refractivity contribution in [3.05, 3.63) is 35.4 Å². The van der Waals surface area contributed by atoms with E-state index in [0.717, 1.165) is 24.0 Å². The first-order chi connectivity index (χ1) is 11.6. The van der Waals surface area contributed by atoms with Crippen LogP contribution in [0.5, 0.6) is 0 Å². The van der Waals surface area contributed by atoms with Gasteiger partial charge in [0.05, 0.1) is 13.7 Å². The van der Waals surface area contributed by atoms with Gasteiger partial charge in [0.1, 0.15) is 6.04 Å². The zero-order valence-electron chi connectivity index (χ0n) is 13.6. The molecule has 7 heteroatoms. The molecular weight excluding hydrogens is 310 g/mol. The lowest BCUT2D eigenvalue weighted by Gasteiger charge is -2.34. The molecule has 1 fully saturated rings. The lowest BCUT2D eigenvalue weighted by Crippen LogP contribution is -2.51. The minimum absolute atomic E-state index is 0.0355. The number of esters is 1. The Kier molecular flexibility index (Phi) is 4.80. The van der Waals surface area contributed by atoms with E-state index < -0.39 is 18.0 Å². The third-order valence-electron chi connectivity index (χ3n) is 4.33. The molecule has 3 rings (SSSR count). The van der Waals surface area contributed by atoms with Crippen LogP contribution in [-0.4, -0.2) is 48.5 Å². The Bertz CT molecular complexity index is 657. The highest BCUT2D eigenvalue weighted by molar-refractivity contribution is 5.95. The minimum Gasteiger partial charge on any atom is -0.468 e. The molecule has 0 bridgehead atoms. The second-order valence-electron chi connectivity index (χ2n) is 6.21. The van der Waals surface area contributed by atoms with E-state index in [1.54, 1.807) is 4.90 Å². The van der Waals surface area contributed by atoms with Crippen molar-refractivity contribution < 1.29 is 19.1 Å². The topological polar surface area (TPSA) is 87.7 Å². The van der Waals surface area contributed by atoms with Gasteiger partial charge in [-0.05, 0) is 30.4 Å². The quantitative estimate of drug-likeness (QED) is 0.788. The highest BCUT2D eigenvalue weighted by Gasteiger charge is 2.33. The van der Waals surface area contributed by atoms with Crippen LogP contribution in [0.4, 0.5) is 4.79 Å². The van der Waals surface area contributed by atoms with E-state index in [1.165, 1.54) is 7.11 Å². The highest BCUT2D eigenvalue weighted by Crippen LogP contribution is 2.23. The normalized spacial score (nSPS) is 20.0. The van der Waals surface area contributed by atoms with Crippen molar-refractivity contribution in [2.45, 2.75) is 37.9 Å². The molecular formula is C17H21N3O4. The van der Waals surface area contributed by atoms with E-state index in [4.69, 9.17) is 4.74 Å². The number of benzene rings is 1. The molecule has 24 heavy (non-hydrogen) atoms. The van der Waals surface area contributed by atoms with Gasteiger partial charge in [0.15, 0.2) is 0 Å². The molecule has 0 radical (unpaired) electrons. The summed E-state index contributed by atoms with van der Waals surface area (Å²) in [6, 6.07) is 6.99. The molecule has 1 saturated carbocycles. The Morgan fingerprint density at radius 3 is 2.58 bits per heavy atom. The number of hydrogen-bond acceptors (Lipinski definition) is 5. The van der Waals surface area contributed by atoms with Gasteiger partial charge in [-0.25, -0.2) is 4.79 Å². The number of rotatable bonds is 4. The van der Waals surface area contributed by atoms with E-state index in [9.17, 15) is 14.4 Å². The summed E-state index contributed by atoms with van der Waals surface area (Å²) in [7, 11) is 1.34. The molecule has 1 heterocycles. The number of ether oxygens (including phenoxy) is 1. The number of urea groups is 1. The van der Waals surface area contributed by atoms with E-state index in [2.05, 4.69) is 10.6 Å². The molecule has 1 aliphatic heterocycles. The molecule has 0 aromatic heterocycles. The first-order valence-corrected chi connectivity index (χ1v) is 8.06. The summed E-state index contributed by atoms with van der Waals surface area (Å²) < 4.78 is 4.87. The second kappa shape index (κ2) is 7.00. The van der Waals surface area contributed by atoms with Crippen molar-refractivity contribution in [2.75, 3.05) is 13.7 Å². The lowest BCUT2D eigenvalue weighted by molar-refractivity contribution is -0.148. The van der Waals surface area contributed by atoms with Crippen molar-refractivity contribution in [1.82, 2.24) is 15.5 Å². The molecule has 1 aromatic carbocycles. The standard InChI is InChI=1S/C17H21N3O4/c1-24-16(22)14-8-11-4-2-3-5-12(11)9-20(14)10-15(21)19-17(23)18-13-6-7-13/h2-5,13-14H,6-10H2,1H3,(H2,18,19,21,23)/t14-/m1/s1. The lowest BCUT2D eigenvalue weighted by atomic mass is 9.94. The predicted molar refractivity (Wildman–Crippen MR) is 86.1 cm³/mol. The van der Waals surface area contributed by atoms with Crippen LogP contribution in [0.2, 0.25) is 0 Å². The van der Waals surface area contributed by atoms with Gasteiger partial charge in [-0.3, -0.25) is 19.8 Å². The molecule has 3 amide bonds. The number of imide groups is 1. The van der Waals surface area contributed by atoms with Crippen molar-refractivity contribution in [3.63, 3.8) is 0 Å². The largest absolute Gasteiger partial charge is 0.468 e. The average Bonchev–Trinajstić information content (AvgIpc) is 3.37. The number of carbonyl (C=O) groups is 3. The van der Waals surface area contributed by atoms with Crippen LogP contribution in [0, 0.1) is 0 Å². The molecule has 1 aliphatic carbocycles. The molecule has 0 unspecified atom stereocenters. The van der Waals surface area contributed by atoms with Gasteiger partial charge in [0, 0.05) is 12.6 Å². The van der Waals surface area contributed by atoms with Gasteiger partial charge in [-0.15, -0.1) is 0 Å². The number of nitrogens with one attached hydrogen (secondary N) is 2. The van der Waals surface area contributed by atoms with Crippen LogP contribution in [0.25, 0.3) is 0 Å². The second-order valence-corrected chi connectivity index (χ2v) is 6.21. The summed E-state index contributed by atoms with van der Waals surface area (Å²) in [5, 5.41) is 5.02. The highest BCUT2D eigenvalue weighted by atomic mass is 16.5. The van der Waals surface area contributed by atoms with Crippen LogP contribution in [0.1, 0.15) is 24.0 Å². The number of hydrogen-bond donors (Lipinski definition) is 2. The van der Waals surface area contributed by atoms with Crippen molar-refractivity contribution in [1.29, 1.82) is 0 Å². The predicted octanol–water partition coefficient (Wildman–Crippen LogP) is 0.575. The fraction of sp³-hybridized carbons (Fsp3) is 0.471. The molecule has 1 atom stereocenters. The Morgan fingerprint density at radius 1 is 1.21 bits per heavy atom. The Hall–Kier alpha value is -2.41. The molecule has 0 saturated heterocycles. The molecule has 0 spiro atoms. The first kappa shape index (κ1) is 16.4. The molecule has 7 nitrogen and oxygen atoms in total. The molecule has 2 N–H and O–H groups in total. The minimum atomic E-state index is -0.526. The van der Waals surface area contributed by atoms with Crippen LogP contribution in [0.3, 0.4) is 0 Å². The summed E-state index contributed by atoms with van der Waals surface area (Å²) in [4.78, 5) is 37.6. The number of methoxy groups -OCH3 is 1. The Morgan fingerprint density at radius 2 is 1.92 bits per heavy atom. The van der Waals surface area contributed by atoms with Gasteiger partial charge < -0.3 is 10.1 Å². The zero-order chi connectivity index (χ0) is 17.1. The number of nitrogens with zero attached hydrogens (tertiary/aromatic N) is 1. The van der Waals surface area contributed by atoms with Crippen LogP contribution in [0.15, 0.2) is 24.3 Å². The van der Waals surface area contributed by atoms with Crippen molar-refractivity contribution >= 4 is 17.9 Å². The molecule has 1 aromatic rings. The Labute approximate surface area is 140 Å². The third-order valence-corrected chi connectivity index (χ3v) is 4.33. The van der Waals surface area contributed by atoms with Gasteiger partial charge in [0.25, 0.3) is 0 Å². The number of amides is 3. The molecule has 128 valence electrons. The van der Waals surface area contributed by atoms with Crippen LogP contribution in [-0.2, 0) is 27.3 Å². The van der Waals surface area contributed by atoms with Gasteiger partial charge in [0.2, 0.25) is 5.91 Å². The summed E-state index contributed by atoms with van der Waals surface area (Å²) in [6.07, 6.45) is 2.40. The average molecular weight is 331 g/mol. The fourth-order valence-corrected chi connectivity index (χ4v) is 2.91. The maximum atomic E-state index is 12.1. The van der Waals surface area contributed by atoms with Gasteiger partial charge >= 0.3 is 12.0 Å². The maximum Gasteiger partial charge on any atom is 0.323 e. The fourth-order valence-electron chi connectivity index (χ4n) is 2.91. The summed E-state index contributed by atoms with van der Waals surface area (Å²) >= 11 is 0.